The Morgan fingerprint density at radius 3 is 2.71 bits per heavy atom. The molecule has 6 rings (SSSR count). The Morgan fingerprint density at radius 2 is 1.88 bits per heavy atom. The second-order valence-corrected chi connectivity index (χ2v) is 8.80. The molecule has 5 aromatic rings. The first-order chi connectivity index (χ1) is 16.5. The Kier molecular flexibility index (Phi) is 4.95. The fourth-order valence-electron chi connectivity index (χ4n) is 4.45. The molecule has 1 amide bonds. The van der Waals surface area contributed by atoms with Gasteiger partial charge in [-0.25, -0.2) is 14.4 Å². The highest BCUT2D eigenvalue weighted by atomic mass is 35.5. The molecule has 0 unspecified atom stereocenters. The molecule has 2 aromatic carbocycles. The number of pyridine rings is 1. The average molecular weight is 475 g/mol. The Labute approximate surface area is 199 Å². The number of carbonyl (C=O) groups is 1. The number of benzene rings is 2. The molecule has 0 saturated carbocycles. The van der Waals surface area contributed by atoms with Gasteiger partial charge in [0.05, 0.1) is 11.0 Å². The summed E-state index contributed by atoms with van der Waals surface area (Å²) in [5.74, 6) is 0.592. The van der Waals surface area contributed by atoms with Crippen molar-refractivity contribution in [2.24, 2.45) is 0 Å². The van der Waals surface area contributed by atoms with Crippen molar-refractivity contribution < 1.29 is 9.18 Å². The van der Waals surface area contributed by atoms with Crippen molar-refractivity contribution in [3.63, 3.8) is 0 Å². The van der Waals surface area contributed by atoms with Gasteiger partial charge in [-0.05, 0) is 66.4 Å². The Balaban J connectivity index is 1.27. The summed E-state index contributed by atoms with van der Waals surface area (Å²) in [4.78, 5) is 27.3. The number of halogens is 2. The van der Waals surface area contributed by atoms with Gasteiger partial charge in [-0.15, -0.1) is 0 Å². The third-order valence-corrected chi connectivity index (χ3v) is 6.26. The maximum atomic E-state index is 13.8. The van der Waals surface area contributed by atoms with E-state index in [2.05, 4.69) is 25.2 Å². The molecule has 0 radical (unpaired) electrons. The molecule has 0 aliphatic carbocycles. The van der Waals surface area contributed by atoms with E-state index in [9.17, 15) is 9.18 Å². The van der Waals surface area contributed by atoms with Crippen LogP contribution in [0.4, 0.5) is 16.2 Å². The summed E-state index contributed by atoms with van der Waals surface area (Å²) in [5, 5.41) is 3.13. The number of H-pyrrole nitrogens is 1. The molecular weight excluding hydrogens is 455 g/mol. The number of carbonyl (C=O) groups excluding carboxylic acids is 1. The molecule has 0 spiro atoms. The number of nitrogens with zero attached hydrogens (tertiary/aromatic N) is 4. The highest BCUT2D eigenvalue weighted by Gasteiger charge is 2.18. The van der Waals surface area contributed by atoms with E-state index in [1.54, 1.807) is 12.3 Å². The fraction of sp³-hybridized carbons (Fsp3) is 0.160. The fourth-order valence-corrected chi connectivity index (χ4v) is 4.67. The molecule has 9 heteroatoms. The van der Waals surface area contributed by atoms with E-state index in [0.717, 1.165) is 30.1 Å². The maximum absolute atomic E-state index is 13.8. The van der Waals surface area contributed by atoms with Crippen molar-refractivity contribution in [2.45, 2.75) is 12.8 Å². The Morgan fingerprint density at radius 1 is 1.03 bits per heavy atom. The Hall–Kier alpha value is -3.91. The van der Waals surface area contributed by atoms with E-state index in [-0.39, 0.29) is 5.91 Å². The molecule has 7 nitrogen and oxygen atoms in total. The van der Waals surface area contributed by atoms with Crippen LogP contribution in [0.5, 0.6) is 0 Å². The lowest BCUT2D eigenvalue weighted by molar-refractivity contribution is 0.102. The Bertz CT molecular complexity index is 1530. The first-order valence-electron chi connectivity index (χ1n) is 11.0. The highest BCUT2D eigenvalue weighted by Crippen LogP contribution is 2.28. The van der Waals surface area contributed by atoms with Crippen molar-refractivity contribution in [1.29, 1.82) is 0 Å². The zero-order valence-electron chi connectivity index (χ0n) is 18.1. The van der Waals surface area contributed by atoms with E-state index in [1.165, 1.54) is 25.0 Å². The molecule has 0 bridgehead atoms. The number of anilines is 2. The van der Waals surface area contributed by atoms with Gasteiger partial charge < -0.3 is 9.88 Å². The van der Waals surface area contributed by atoms with E-state index < -0.39 is 5.82 Å². The van der Waals surface area contributed by atoms with Crippen LogP contribution >= 0.6 is 11.6 Å². The molecule has 4 heterocycles. The van der Waals surface area contributed by atoms with E-state index in [1.807, 2.05) is 40.8 Å². The van der Waals surface area contributed by atoms with Gasteiger partial charge in [0.25, 0.3) is 5.91 Å². The van der Waals surface area contributed by atoms with Gasteiger partial charge in [-0.2, -0.15) is 0 Å². The minimum absolute atomic E-state index is 0.308. The third-order valence-electron chi connectivity index (χ3n) is 6.04. The summed E-state index contributed by atoms with van der Waals surface area (Å²) in [6, 6.07) is 15.8. The topological polar surface area (TPSA) is 78.3 Å². The van der Waals surface area contributed by atoms with Crippen molar-refractivity contribution in [2.75, 3.05) is 23.3 Å². The van der Waals surface area contributed by atoms with E-state index in [4.69, 9.17) is 11.6 Å². The zero-order valence-corrected chi connectivity index (χ0v) is 18.8. The van der Waals surface area contributed by atoms with Crippen LogP contribution in [0.25, 0.3) is 27.8 Å². The molecule has 170 valence electrons. The lowest BCUT2D eigenvalue weighted by Gasteiger charge is -2.18. The molecule has 1 aliphatic rings. The standard InChI is InChI=1S/C25H20ClFN6O/c26-17-10-16(11-18(27)13-17)15-6-7-19-20(12-15)30-25(29-19)31-24(34)21-14-33-22(28-21)4-3-5-23(33)32-8-1-2-9-32/h3-7,10-14H,1-2,8-9H2,(H2,29,30,31,34). The normalized spacial score (nSPS) is 13.8. The van der Waals surface area contributed by atoms with Gasteiger partial charge >= 0.3 is 0 Å². The SMILES string of the molecule is O=C(Nc1nc2ccc(-c3cc(F)cc(Cl)c3)cc2[nH]1)c1cn2c(N3CCCC3)cccc2n1. The summed E-state index contributed by atoms with van der Waals surface area (Å²) in [5.41, 5.74) is 3.85. The predicted octanol–water partition coefficient (Wildman–Crippen LogP) is 5.52. The average Bonchev–Trinajstić information content (AvgIpc) is 3.56. The van der Waals surface area contributed by atoms with Crippen LogP contribution in [0.15, 0.2) is 60.8 Å². The number of fused-ring (bicyclic) bond motifs is 2. The lowest BCUT2D eigenvalue weighted by atomic mass is 10.1. The maximum Gasteiger partial charge on any atom is 0.278 e. The van der Waals surface area contributed by atoms with Crippen LogP contribution in [0.1, 0.15) is 23.3 Å². The molecule has 3 aromatic heterocycles. The zero-order chi connectivity index (χ0) is 23.2. The van der Waals surface area contributed by atoms with Gasteiger partial charge in [0.1, 0.15) is 23.0 Å². The summed E-state index contributed by atoms with van der Waals surface area (Å²) < 4.78 is 15.7. The number of aromatic nitrogens is 4. The molecule has 1 fully saturated rings. The van der Waals surface area contributed by atoms with Gasteiger partial charge in [0.15, 0.2) is 0 Å². The smallest absolute Gasteiger partial charge is 0.278 e. The largest absolute Gasteiger partial charge is 0.358 e. The molecule has 1 saturated heterocycles. The van der Waals surface area contributed by atoms with Crippen molar-refractivity contribution >= 4 is 46.0 Å². The first-order valence-corrected chi connectivity index (χ1v) is 11.4. The summed E-state index contributed by atoms with van der Waals surface area (Å²) >= 11 is 6.00. The molecule has 34 heavy (non-hydrogen) atoms. The van der Waals surface area contributed by atoms with Gasteiger partial charge in [-0.3, -0.25) is 14.5 Å². The second kappa shape index (κ2) is 8.14. The van der Waals surface area contributed by atoms with Crippen LogP contribution in [0.3, 0.4) is 0 Å². The molecule has 0 atom stereocenters. The predicted molar refractivity (Wildman–Crippen MR) is 131 cm³/mol. The van der Waals surface area contributed by atoms with Crippen molar-refractivity contribution in [1.82, 2.24) is 19.4 Å². The van der Waals surface area contributed by atoms with Gasteiger partial charge in [-0.1, -0.05) is 23.7 Å². The monoisotopic (exact) mass is 474 g/mol. The molecule has 2 N–H and O–H groups in total. The number of hydrogen-bond acceptors (Lipinski definition) is 4. The minimum atomic E-state index is -0.402. The molecule has 1 aliphatic heterocycles. The van der Waals surface area contributed by atoms with Crippen LogP contribution in [0, 0.1) is 5.82 Å². The number of nitrogens with one attached hydrogen (secondary N) is 2. The summed E-state index contributed by atoms with van der Waals surface area (Å²) in [7, 11) is 0. The highest BCUT2D eigenvalue weighted by molar-refractivity contribution is 6.30. The van der Waals surface area contributed by atoms with Crippen LogP contribution in [-0.2, 0) is 0 Å². The van der Waals surface area contributed by atoms with Crippen LogP contribution in [0.2, 0.25) is 5.02 Å². The third kappa shape index (κ3) is 3.76. The van der Waals surface area contributed by atoms with Crippen LogP contribution < -0.4 is 10.2 Å². The summed E-state index contributed by atoms with van der Waals surface area (Å²) in [6.45, 7) is 2.00. The number of amides is 1. The number of aromatic amines is 1. The minimum Gasteiger partial charge on any atom is -0.358 e. The molecular formula is C25H20ClFN6O. The quantitative estimate of drug-likeness (QED) is 0.359. The van der Waals surface area contributed by atoms with Crippen molar-refractivity contribution in [3.8, 4) is 11.1 Å². The lowest BCUT2D eigenvalue weighted by Crippen LogP contribution is -2.20. The number of imidazole rings is 2. The first kappa shape index (κ1) is 20.7. The number of hydrogen-bond donors (Lipinski definition) is 2. The van der Waals surface area contributed by atoms with E-state index >= 15 is 0 Å². The van der Waals surface area contributed by atoms with Gasteiger partial charge in [0, 0.05) is 24.3 Å². The van der Waals surface area contributed by atoms with Gasteiger partial charge in [0.2, 0.25) is 5.95 Å². The second-order valence-electron chi connectivity index (χ2n) is 8.36. The summed E-state index contributed by atoms with van der Waals surface area (Å²) in [6.07, 6.45) is 4.09. The van der Waals surface area contributed by atoms with Crippen LogP contribution in [-0.4, -0.2) is 38.3 Å². The van der Waals surface area contributed by atoms with Crippen molar-refractivity contribution in [3.05, 3.63) is 77.3 Å². The number of rotatable bonds is 4. The van der Waals surface area contributed by atoms with E-state index in [0.29, 0.717) is 33.3 Å².